The summed E-state index contributed by atoms with van der Waals surface area (Å²) in [5, 5.41) is 16.5. The Morgan fingerprint density at radius 3 is 2.18 bits per heavy atom. The van der Waals surface area contributed by atoms with Crippen molar-refractivity contribution in [1.29, 1.82) is 0 Å². The van der Waals surface area contributed by atoms with Crippen molar-refractivity contribution in [3.05, 3.63) is 89.0 Å². The number of imidazole rings is 2. The molecule has 7 N–H and O–H groups in total. The van der Waals surface area contributed by atoms with E-state index in [4.69, 9.17) is 29.7 Å². The number of hydrogen-bond donors (Lipinski definition) is 3. The number of H-pyrrole nitrogens is 1. The standard InChI is InChI=1S/C32H34N4O3.C2H4O2.2H2O/c1-6-9-28-34-30-20(4)16-24(31-33-21(5)29(35-31)19(2)3)17-26(30)36(28)18-22-12-14-23(15-13-22)25-10-7-8-11-27(25)39-32(37)38;1-2(3)4;;/h7-8,10-17,19H,6,9,18H2,1-5H3,(H,33,35)(H,37,38);1H3,(H,3,4);2*1H2. The largest absolute Gasteiger partial charge is 0.511 e. The number of aliphatic carboxylic acids is 1. The van der Waals surface area contributed by atoms with Crippen LogP contribution in [0.2, 0.25) is 0 Å². The lowest BCUT2D eigenvalue weighted by Gasteiger charge is -2.12. The molecule has 2 heterocycles. The van der Waals surface area contributed by atoms with E-state index < -0.39 is 12.1 Å². The summed E-state index contributed by atoms with van der Waals surface area (Å²) < 4.78 is 7.29. The molecule has 0 aliphatic heterocycles. The van der Waals surface area contributed by atoms with Gasteiger partial charge in [-0.05, 0) is 61.1 Å². The van der Waals surface area contributed by atoms with E-state index in [1.165, 1.54) is 0 Å². The van der Waals surface area contributed by atoms with Gasteiger partial charge in [0, 0.05) is 36.7 Å². The van der Waals surface area contributed by atoms with Gasteiger partial charge in [0.2, 0.25) is 0 Å². The van der Waals surface area contributed by atoms with Gasteiger partial charge >= 0.3 is 6.16 Å². The van der Waals surface area contributed by atoms with Crippen molar-refractivity contribution in [3.63, 3.8) is 0 Å². The van der Waals surface area contributed by atoms with Gasteiger partial charge in [0.05, 0.1) is 16.7 Å². The number of carbonyl (C=O) groups is 2. The number of aromatic nitrogens is 4. The minimum absolute atomic E-state index is 0. The smallest absolute Gasteiger partial charge is 0.481 e. The van der Waals surface area contributed by atoms with Crippen LogP contribution in [-0.4, -0.2) is 52.8 Å². The molecule has 2 aromatic heterocycles. The Bertz CT molecular complexity index is 1750. The van der Waals surface area contributed by atoms with Crippen LogP contribution >= 0.6 is 0 Å². The lowest BCUT2D eigenvalue weighted by atomic mass is 10.0. The van der Waals surface area contributed by atoms with Crippen LogP contribution in [-0.2, 0) is 17.8 Å². The molecule has 0 amide bonds. The maximum atomic E-state index is 11.1. The number of benzene rings is 3. The quantitative estimate of drug-likeness (QED) is 0.133. The summed E-state index contributed by atoms with van der Waals surface area (Å²) in [4.78, 5) is 33.6. The Morgan fingerprint density at radius 2 is 1.60 bits per heavy atom. The van der Waals surface area contributed by atoms with Crippen LogP contribution in [0.3, 0.4) is 0 Å². The molecule has 0 bridgehead atoms. The van der Waals surface area contributed by atoms with Crippen molar-refractivity contribution in [2.75, 3.05) is 0 Å². The van der Waals surface area contributed by atoms with Crippen LogP contribution in [0.15, 0.2) is 60.7 Å². The van der Waals surface area contributed by atoms with Crippen LogP contribution in [0.1, 0.15) is 68.4 Å². The van der Waals surface area contributed by atoms with Gasteiger partial charge in [-0.25, -0.2) is 14.8 Å². The lowest BCUT2D eigenvalue weighted by molar-refractivity contribution is -0.134. The van der Waals surface area contributed by atoms with E-state index in [1.807, 2.05) is 24.3 Å². The van der Waals surface area contributed by atoms with Crippen LogP contribution < -0.4 is 4.74 Å². The predicted octanol–water partition coefficient (Wildman–Crippen LogP) is 6.33. The van der Waals surface area contributed by atoms with E-state index in [-0.39, 0.29) is 11.0 Å². The molecule has 0 fully saturated rings. The maximum Gasteiger partial charge on any atom is 0.511 e. The number of rotatable bonds is 8. The summed E-state index contributed by atoms with van der Waals surface area (Å²) in [5.74, 6) is 1.79. The topological polar surface area (TPSA) is 193 Å². The third-order valence-corrected chi connectivity index (χ3v) is 7.03. The van der Waals surface area contributed by atoms with E-state index in [0.717, 1.165) is 81.7 Å². The molecular weight excluding hydrogens is 576 g/mol. The van der Waals surface area contributed by atoms with Gasteiger partial charge in [0.25, 0.3) is 5.97 Å². The van der Waals surface area contributed by atoms with Crippen molar-refractivity contribution in [1.82, 2.24) is 19.5 Å². The van der Waals surface area contributed by atoms with Gasteiger partial charge in [-0.2, -0.15) is 0 Å². The number of carboxylic acid groups (broad SMARTS) is 2. The van der Waals surface area contributed by atoms with Crippen LogP contribution in [0.4, 0.5) is 4.79 Å². The molecule has 0 saturated heterocycles. The summed E-state index contributed by atoms with van der Waals surface area (Å²) in [6.45, 7) is 12.5. The fraction of sp³-hybridized carbons (Fsp3) is 0.294. The first-order chi connectivity index (χ1) is 20.5. The molecule has 0 spiro atoms. The minimum atomic E-state index is -1.32. The third-order valence-electron chi connectivity index (χ3n) is 7.03. The molecule has 5 aromatic rings. The highest BCUT2D eigenvalue weighted by atomic mass is 16.7. The molecule has 0 aliphatic carbocycles. The van der Waals surface area contributed by atoms with Crippen molar-refractivity contribution in [2.24, 2.45) is 0 Å². The van der Waals surface area contributed by atoms with Gasteiger partial charge in [0.15, 0.2) is 0 Å². The van der Waals surface area contributed by atoms with Crippen LogP contribution in [0, 0.1) is 13.8 Å². The number of fused-ring (bicyclic) bond motifs is 1. The SMILES string of the molecule is CC(=O)O.CCCc1nc2c(C)cc(-c3nc(C(C)C)c(C)[nH]3)cc2n1Cc1ccc(-c2ccccc2OC(=O)O)cc1.O.O. The van der Waals surface area contributed by atoms with Gasteiger partial charge < -0.3 is 35.5 Å². The Balaban J connectivity index is 0.00000111. The molecule has 0 saturated carbocycles. The number of nitrogens with one attached hydrogen (secondary N) is 1. The maximum absolute atomic E-state index is 11.1. The summed E-state index contributed by atoms with van der Waals surface area (Å²) in [6.07, 6.45) is 0.567. The second-order valence-corrected chi connectivity index (χ2v) is 10.9. The summed E-state index contributed by atoms with van der Waals surface area (Å²) in [7, 11) is 0. The normalized spacial score (nSPS) is 10.5. The molecule has 5 rings (SSSR count). The van der Waals surface area contributed by atoms with E-state index in [9.17, 15) is 4.79 Å². The monoisotopic (exact) mass is 618 g/mol. The lowest BCUT2D eigenvalue weighted by Crippen LogP contribution is -2.05. The fourth-order valence-corrected chi connectivity index (χ4v) is 5.20. The minimum Gasteiger partial charge on any atom is -0.481 e. The van der Waals surface area contributed by atoms with Crippen molar-refractivity contribution >= 4 is 23.2 Å². The van der Waals surface area contributed by atoms with Gasteiger partial charge in [-0.3, -0.25) is 4.79 Å². The Labute approximate surface area is 262 Å². The zero-order valence-corrected chi connectivity index (χ0v) is 26.4. The first-order valence-corrected chi connectivity index (χ1v) is 14.3. The molecule has 3 aromatic carbocycles. The molecule has 240 valence electrons. The highest BCUT2D eigenvalue weighted by Crippen LogP contribution is 2.32. The van der Waals surface area contributed by atoms with Gasteiger partial charge in [0.1, 0.15) is 17.4 Å². The van der Waals surface area contributed by atoms with E-state index in [1.54, 1.807) is 12.1 Å². The summed E-state index contributed by atoms with van der Waals surface area (Å²) >= 11 is 0. The first-order valence-electron chi connectivity index (χ1n) is 14.3. The third kappa shape index (κ3) is 8.55. The molecule has 45 heavy (non-hydrogen) atoms. The molecule has 0 aliphatic rings. The molecule has 11 heteroatoms. The molecule has 0 atom stereocenters. The number of para-hydroxylation sites is 1. The molecule has 11 nitrogen and oxygen atoms in total. The zero-order chi connectivity index (χ0) is 31.3. The van der Waals surface area contributed by atoms with E-state index >= 15 is 0 Å². The first kappa shape index (κ1) is 36.2. The Hall–Kier alpha value is -5.00. The zero-order valence-electron chi connectivity index (χ0n) is 26.4. The molecular formula is C34H42N4O7. The fourth-order valence-electron chi connectivity index (χ4n) is 5.20. The van der Waals surface area contributed by atoms with Gasteiger partial charge in [-0.1, -0.05) is 63.2 Å². The molecule has 0 unspecified atom stereocenters. The number of ether oxygens (including phenoxy) is 1. The second-order valence-electron chi connectivity index (χ2n) is 10.9. The van der Waals surface area contributed by atoms with Crippen molar-refractivity contribution in [2.45, 2.75) is 66.8 Å². The Kier molecular flexibility index (Phi) is 12.6. The van der Waals surface area contributed by atoms with Gasteiger partial charge in [-0.15, -0.1) is 0 Å². The summed E-state index contributed by atoms with van der Waals surface area (Å²) in [5.41, 5.74) is 9.27. The van der Waals surface area contributed by atoms with Crippen molar-refractivity contribution in [3.8, 4) is 28.3 Å². The van der Waals surface area contributed by atoms with Crippen LogP contribution in [0.5, 0.6) is 5.75 Å². The number of hydrogen-bond acceptors (Lipinski definition) is 5. The number of carboxylic acids is 1. The van der Waals surface area contributed by atoms with E-state index in [0.29, 0.717) is 18.2 Å². The molecule has 0 radical (unpaired) electrons. The number of aromatic amines is 1. The number of nitrogens with zero attached hydrogens (tertiary/aromatic N) is 3. The highest BCUT2D eigenvalue weighted by molar-refractivity contribution is 5.85. The summed E-state index contributed by atoms with van der Waals surface area (Å²) in [6, 6.07) is 19.7. The predicted molar refractivity (Wildman–Crippen MR) is 175 cm³/mol. The van der Waals surface area contributed by atoms with Crippen molar-refractivity contribution < 1.29 is 35.5 Å². The highest BCUT2D eigenvalue weighted by Gasteiger charge is 2.17. The average Bonchev–Trinajstić information content (AvgIpc) is 3.50. The van der Waals surface area contributed by atoms with E-state index in [2.05, 4.69) is 68.4 Å². The Morgan fingerprint density at radius 1 is 0.956 bits per heavy atom. The average molecular weight is 619 g/mol. The second kappa shape index (κ2) is 15.6. The number of aryl methyl sites for hydroxylation is 3. The van der Waals surface area contributed by atoms with Crippen LogP contribution in [0.25, 0.3) is 33.5 Å².